The van der Waals surface area contributed by atoms with Gasteiger partial charge < -0.3 is 10.4 Å². The maximum atomic E-state index is 11.8. The van der Waals surface area contributed by atoms with Crippen molar-refractivity contribution in [3.8, 4) is 0 Å². The molecule has 1 atom stereocenters. The smallest absolute Gasteiger partial charge is 0.303 e. The number of aliphatic carboxylic acids is 1. The van der Waals surface area contributed by atoms with Gasteiger partial charge in [-0.1, -0.05) is 18.2 Å². The van der Waals surface area contributed by atoms with Crippen molar-refractivity contribution < 1.29 is 19.6 Å². The highest BCUT2D eigenvalue weighted by Crippen LogP contribution is 2.18. The molecule has 2 N–H and O–H groups in total. The fraction of sp³-hybridized carbons (Fsp3) is 0.429. The number of rotatable bonds is 8. The van der Waals surface area contributed by atoms with E-state index in [1.54, 1.807) is 25.1 Å². The third-order valence-corrected chi connectivity index (χ3v) is 2.97. The summed E-state index contributed by atoms with van der Waals surface area (Å²) >= 11 is 0. The van der Waals surface area contributed by atoms with Crippen molar-refractivity contribution in [3.05, 3.63) is 39.9 Å². The Morgan fingerprint density at radius 1 is 1.38 bits per heavy atom. The van der Waals surface area contributed by atoms with Gasteiger partial charge >= 0.3 is 5.97 Å². The number of nitro benzene ring substituents is 1. The maximum Gasteiger partial charge on any atom is 0.303 e. The number of nitro groups is 1. The van der Waals surface area contributed by atoms with Crippen LogP contribution < -0.4 is 5.32 Å². The van der Waals surface area contributed by atoms with Crippen molar-refractivity contribution in [2.75, 3.05) is 0 Å². The molecule has 0 spiro atoms. The van der Waals surface area contributed by atoms with Crippen LogP contribution in [-0.2, 0) is 16.0 Å². The minimum atomic E-state index is -0.867. The number of carboxylic acids is 1. The monoisotopic (exact) mass is 294 g/mol. The van der Waals surface area contributed by atoms with Crippen LogP contribution in [0.4, 0.5) is 5.69 Å². The van der Waals surface area contributed by atoms with Crippen LogP contribution in [0.1, 0.15) is 31.7 Å². The van der Waals surface area contributed by atoms with Gasteiger partial charge in [0.15, 0.2) is 0 Å². The average molecular weight is 294 g/mol. The molecule has 0 radical (unpaired) electrons. The zero-order valence-corrected chi connectivity index (χ0v) is 11.7. The average Bonchev–Trinajstić information content (AvgIpc) is 2.38. The fourth-order valence-electron chi connectivity index (χ4n) is 1.97. The lowest BCUT2D eigenvalue weighted by Gasteiger charge is -2.13. The summed E-state index contributed by atoms with van der Waals surface area (Å²) in [5.41, 5.74) is 0.281. The Morgan fingerprint density at radius 2 is 2.05 bits per heavy atom. The molecule has 0 heterocycles. The second-order valence-electron chi connectivity index (χ2n) is 4.82. The van der Waals surface area contributed by atoms with Crippen molar-refractivity contribution in [2.24, 2.45) is 0 Å². The summed E-state index contributed by atoms with van der Waals surface area (Å²) in [4.78, 5) is 32.6. The Labute approximate surface area is 122 Å². The van der Waals surface area contributed by atoms with Crippen LogP contribution in [0.25, 0.3) is 0 Å². The number of hydrogen-bond acceptors (Lipinski definition) is 4. The molecule has 0 aromatic heterocycles. The summed E-state index contributed by atoms with van der Waals surface area (Å²) in [5, 5.41) is 22.1. The van der Waals surface area contributed by atoms with Gasteiger partial charge in [0.05, 0.1) is 11.3 Å². The SMILES string of the molecule is CC(CCCC(=O)O)NC(=O)Cc1ccccc1[N+](=O)[O-]. The first-order valence-corrected chi connectivity index (χ1v) is 6.63. The standard InChI is InChI=1S/C14H18N2O5/c1-10(5-4-8-14(18)19)15-13(17)9-11-6-2-3-7-12(11)16(20)21/h2-3,6-7,10H,4-5,8-9H2,1H3,(H,15,17)(H,18,19). The molecule has 1 aromatic rings. The van der Waals surface area contributed by atoms with Crippen molar-refractivity contribution in [1.82, 2.24) is 5.32 Å². The molecule has 0 saturated heterocycles. The van der Waals surface area contributed by atoms with Gasteiger partial charge in [-0.05, 0) is 19.8 Å². The molecule has 1 aromatic carbocycles. The van der Waals surface area contributed by atoms with Gasteiger partial charge in [0.25, 0.3) is 5.69 Å². The maximum absolute atomic E-state index is 11.8. The molecule has 1 amide bonds. The summed E-state index contributed by atoms with van der Waals surface area (Å²) in [6.07, 6.45) is 1.02. The van der Waals surface area contributed by atoms with Crippen LogP contribution >= 0.6 is 0 Å². The van der Waals surface area contributed by atoms with E-state index < -0.39 is 10.9 Å². The predicted molar refractivity (Wildman–Crippen MR) is 75.9 cm³/mol. The molecular weight excluding hydrogens is 276 g/mol. The van der Waals surface area contributed by atoms with Gasteiger partial charge in [-0.2, -0.15) is 0 Å². The van der Waals surface area contributed by atoms with Gasteiger partial charge in [0, 0.05) is 24.1 Å². The highest BCUT2D eigenvalue weighted by atomic mass is 16.6. The molecule has 21 heavy (non-hydrogen) atoms. The summed E-state index contributed by atoms with van der Waals surface area (Å²) in [7, 11) is 0. The molecule has 0 aliphatic rings. The van der Waals surface area contributed by atoms with Crippen molar-refractivity contribution in [3.63, 3.8) is 0 Å². The number of carbonyl (C=O) groups excluding carboxylic acids is 1. The van der Waals surface area contributed by atoms with E-state index in [2.05, 4.69) is 5.32 Å². The number of amides is 1. The Balaban J connectivity index is 2.50. The van der Waals surface area contributed by atoms with Gasteiger partial charge in [0.1, 0.15) is 0 Å². The van der Waals surface area contributed by atoms with E-state index in [1.807, 2.05) is 0 Å². The van der Waals surface area contributed by atoms with E-state index in [1.165, 1.54) is 6.07 Å². The Morgan fingerprint density at radius 3 is 2.67 bits per heavy atom. The lowest BCUT2D eigenvalue weighted by Crippen LogP contribution is -2.33. The second kappa shape index (κ2) is 7.98. The molecule has 0 bridgehead atoms. The number of nitrogens with one attached hydrogen (secondary N) is 1. The third kappa shape index (κ3) is 6.03. The molecule has 7 nitrogen and oxygen atoms in total. The summed E-state index contributed by atoms with van der Waals surface area (Å²) < 4.78 is 0. The van der Waals surface area contributed by atoms with E-state index in [-0.39, 0.29) is 30.5 Å². The molecule has 114 valence electrons. The van der Waals surface area contributed by atoms with Crippen molar-refractivity contribution >= 4 is 17.6 Å². The first-order chi connectivity index (χ1) is 9.90. The van der Waals surface area contributed by atoms with E-state index in [9.17, 15) is 19.7 Å². The van der Waals surface area contributed by atoms with Crippen LogP contribution in [0.5, 0.6) is 0 Å². The zero-order valence-electron chi connectivity index (χ0n) is 11.7. The van der Waals surface area contributed by atoms with Gasteiger partial charge in [-0.3, -0.25) is 19.7 Å². The lowest BCUT2D eigenvalue weighted by molar-refractivity contribution is -0.385. The van der Waals surface area contributed by atoms with Gasteiger partial charge in [-0.15, -0.1) is 0 Å². The van der Waals surface area contributed by atoms with E-state index in [4.69, 9.17) is 5.11 Å². The van der Waals surface area contributed by atoms with Crippen LogP contribution in [0.3, 0.4) is 0 Å². The van der Waals surface area contributed by atoms with Crippen LogP contribution in [0, 0.1) is 10.1 Å². The van der Waals surface area contributed by atoms with Crippen LogP contribution in [0.15, 0.2) is 24.3 Å². The topological polar surface area (TPSA) is 110 Å². The molecule has 0 aliphatic carbocycles. The number of carbonyl (C=O) groups is 2. The van der Waals surface area contributed by atoms with Gasteiger partial charge in [0.2, 0.25) is 5.91 Å². The zero-order chi connectivity index (χ0) is 15.8. The Kier molecular flexibility index (Phi) is 6.32. The molecule has 0 saturated carbocycles. The van der Waals surface area contributed by atoms with Crippen molar-refractivity contribution in [1.29, 1.82) is 0 Å². The number of carboxylic acid groups (broad SMARTS) is 1. The largest absolute Gasteiger partial charge is 0.481 e. The molecule has 0 fully saturated rings. The quantitative estimate of drug-likeness (QED) is 0.562. The first-order valence-electron chi connectivity index (χ1n) is 6.63. The number of benzene rings is 1. The number of hydrogen-bond donors (Lipinski definition) is 2. The number of para-hydroxylation sites is 1. The summed E-state index contributed by atoms with van der Waals surface area (Å²) in [6.45, 7) is 1.78. The molecule has 1 rings (SSSR count). The molecular formula is C14H18N2O5. The summed E-state index contributed by atoms with van der Waals surface area (Å²) in [5.74, 6) is -1.18. The third-order valence-electron chi connectivity index (χ3n) is 2.97. The minimum absolute atomic E-state index is 0.0599. The number of nitrogens with zero attached hydrogens (tertiary/aromatic N) is 1. The van der Waals surface area contributed by atoms with Crippen molar-refractivity contribution in [2.45, 2.75) is 38.6 Å². The van der Waals surface area contributed by atoms with E-state index in [0.29, 0.717) is 18.4 Å². The lowest BCUT2D eigenvalue weighted by atomic mass is 10.1. The second-order valence-corrected chi connectivity index (χ2v) is 4.82. The molecule has 7 heteroatoms. The van der Waals surface area contributed by atoms with Crippen LogP contribution in [0.2, 0.25) is 0 Å². The summed E-state index contributed by atoms with van der Waals surface area (Å²) in [6, 6.07) is 5.94. The Bertz CT molecular complexity index is 530. The predicted octanol–water partition coefficient (Wildman–Crippen LogP) is 1.90. The minimum Gasteiger partial charge on any atom is -0.481 e. The van der Waals surface area contributed by atoms with E-state index in [0.717, 1.165) is 0 Å². The fourth-order valence-corrected chi connectivity index (χ4v) is 1.97. The first kappa shape index (κ1) is 16.6. The molecule has 1 unspecified atom stereocenters. The van der Waals surface area contributed by atoms with E-state index >= 15 is 0 Å². The van der Waals surface area contributed by atoms with Gasteiger partial charge in [-0.25, -0.2) is 0 Å². The molecule has 0 aliphatic heterocycles. The highest BCUT2D eigenvalue weighted by Gasteiger charge is 2.16. The highest BCUT2D eigenvalue weighted by molar-refractivity contribution is 5.80. The Hall–Kier alpha value is -2.44. The van der Waals surface area contributed by atoms with Crippen LogP contribution in [-0.4, -0.2) is 27.9 Å². The normalized spacial score (nSPS) is 11.7.